The first kappa shape index (κ1) is 15.9. The molecule has 1 atom stereocenters. The summed E-state index contributed by atoms with van der Waals surface area (Å²) in [4.78, 5) is 25.5. The van der Waals surface area contributed by atoms with Gasteiger partial charge in [0.05, 0.1) is 10.9 Å². The topological polar surface area (TPSA) is 109 Å². The molecule has 4 rings (SSSR count). The summed E-state index contributed by atoms with van der Waals surface area (Å²) in [7, 11) is 0. The fourth-order valence-corrected chi connectivity index (χ4v) is 3.54. The Balaban J connectivity index is 2.03. The quantitative estimate of drug-likeness (QED) is 0.775. The minimum absolute atomic E-state index is 0.00578. The molecule has 8 heteroatoms. The van der Waals surface area contributed by atoms with Crippen molar-refractivity contribution in [1.29, 1.82) is 0 Å². The molecule has 25 heavy (non-hydrogen) atoms. The summed E-state index contributed by atoms with van der Waals surface area (Å²) in [5.74, 6) is -2.44. The van der Waals surface area contributed by atoms with Crippen molar-refractivity contribution in [2.75, 3.05) is 18.0 Å². The zero-order valence-corrected chi connectivity index (χ0v) is 13.4. The number of aromatic nitrogens is 1. The number of hydrogen-bond donors (Lipinski definition) is 3. The predicted octanol–water partition coefficient (Wildman–Crippen LogP) is 1.42. The Kier molecular flexibility index (Phi) is 3.47. The number of pyridine rings is 1. The molecule has 0 radical (unpaired) electrons. The number of nitrogens with zero attached hydrogens (tertiary/aromatic N) is 2. The van der Waals surface area contributed by atoms with Crippen LogP contribution in [0.5, 0.6) is 5.75 Å². The normalized spacial score (nSPS) is 20.4. The molecule has 2 aliphatic rings. The molecular weight excluding hydrogens is 329 g/mol. The number of halogens is 1. The van der Waals surface area contributed by atoms with E-state index in [-0.39, 0.29) is 34.4 Å². The van der Waals surface area contributed by atoms with Crippen molar-refractivity contribution in [2.45, 2.75) is 31.3 Å². The van der Waals surface area contributed by atoms with Gasteiger partial charge in [0.15, 0.2) is 11.6 Å². The molecule has 2 aromatic rings. The number of carboxylic acids is 1. The summed E-state index contributed by atoms with van der Waals surface area (Å²) < 4.78 is 16.3. The van der Waals surface area contributed by atoms with E-state index >= 15 is 0 Å². The number of aromatic hydroxyl groups is 1. The van der Waals surface area contributed by atoms with Crippen LogP contribution in [0.2, 0.25) is 0 Å². The highest BCUT2D eigenvalue weighted by Crippen LogP contribution is 2.43. The van der Waals surface area contributed by atoms with Crippen molar-refractivity contribution >= 4 is 22.6 Å². The highest BCUT2D eigenvalue weighted by molar-refractivity contribution is 5.96. The van der Waals surface area contributed by atoms with Crippen LogP contribution >= 0.6 is 0 Å². The number of phenolic OH excluding ortho intramolecular Hbond substituents is 1. The van der Waals surface area contributed by atoms with Gasteiger partial charge in [-0.3, -0.25) is 4.79 Å². The lowest BCUT2D eigenvalue weighted by atomic mass is 10.1. The maximum atomic E-state index is 14.7. The molecule has 0 spiro atoms. The van der Waals surface area contributed by atoms with Gasteiger partial charge in [0.2, 0.25) is 5.43 Å². The average Bonchev–Trinajstić information content (AvgIpc) is 3.30. The Morgan fingerprint density at radius 3 is 2.60 bits per heavy atom. The fourth-order valence-electron chi connectivity index (χ4n) is 3.54. The van der Waals surface area contributed by atoms with Crippen molar-refractivity contribution in [1.82, 2.24) is 4.57 Å². The third-order valence-electron chi connectivity index (χ3n) is 4.93. The molecule has 1 aromatic carbocycles. The van der Waals surface area contributed by atoms with Gasteiger partial charge in [-0.2, -0.15) is 0 Å². The second kappa shape index (κ2) is 5.45. The van der Waals surface area contributed by atoms with Gasteiger partial charge < -0.3 is 25.4 Å². The van der Waals surface area contributed by atoms with Crippen molar-refractivity contribution in [3.63, 3.8) is 0 Å². The third kappa shape index (κ3) is 2.44. The first-order valence-electron chi connectivity index (χ1n) is 8.22. The van der Waals surface area contributed by atoms with Crippen molar-refractivity contribution in [2.24, 2.45) is 5.73 Å². The minimum atomic E-state index is -1.37. The molecule has 2 heterocycles. The van der Waals surface area contributed by atoms with Crippen molar-refractivity contribution in [3.05, 3.63) is 33.9 Å². The Bertz CT molecular complexity index is 951. The van der Waals surface area contributed by atoms with Crippen LogP contribution in [0.1, 0.15) is 35.7 Å². The van der Waals surface area contributed by atoms with E-state index in [9.17, 15) is 24.2 Å². The molecular formula is C17H18FN3O4. The van der Waals surface area contributed by atoms with Gasteiger partial charge in [-0.05, 0) is 25.3 Å². The Hall–Kier alpha value is -2.61. The van der Waals surface area contributed by atoms with Crippen LogP contribution in [0.3, 0.4) is 0 Å². The van der Waals surface area contributed by atoms with Crippen LogP contribution in [0.4, 0.5) is 10.1 Å². The summed E-state index contributed by atoms with van der Waals surface area (Å²) in [6.07, 6.45) is 3.57. The number of fused-ring (bicyclic) bond motifs is 1. The number of rotatable bonds is 3. The zero-order chi connectivity index (χ0) is 17.9. The largest absolute Gasteiger partial charge is 0.504 e. The van der Waals surface area contributed by atoms with E-state index in [2.05, 4.69) is 0 Å². The summed E-state index contributed by atoms with van der Waals surface area (Å²) in [6.45, 7) is 0.925. The number of phenols is 1. The second-order valence-electron chi connectivity index (χ2n) is 6.76. The predicted molar refractivity (Wildman–Crippen MR) is 89.9 cm³/mol. The van der Waals surface area contributed by atoms with E-state index in [1.54, 1.807) is 9.47 Å². The van der Waals surface area contributed by atoms with Gasteiger partial charge in [-0.25, -0.2) is 9.18 Å². The lowest BCUT2D eigenvalue weighted by molar-refractivity contribution is 0.0694. The third-order valence-corrected chi connectivity index (χ3v) is 4.93. The van der Waals surface area contributed by atoms with Crippen molar-refractivity contribution in [3.8, 4) is 5.75 Å². The standard InChI is InChI=1S/C17H18FN3O4/c18-12-5-10-13(16(23)14(12)20-4-3-8(19)6-20)21(9-1-2-9)7-11(15(10)22)17(24)25/h5,7-9,23H,1-4,6,19H2,(H,24,25)/t8-/m0/s1. The lowest BCUT2D eigenvalue weighted by Gasteiger charge is -2.22. The first-order chi connectivity index (χ1) is 11.9. The van der Waals surface area contributed by atoms with Crippen LogP contribution in [0.15, 0.2) is 17.1 Å². The van der Waals surface area contributed by atoms with Crippen LogP contribution < -0.4 is 16.1 Å². The summed E-state index contributed by atoms with van der Waals surface area (Å²) >= 11 is 0. The van der Waals surface area contributed by atoms with Gasteiger partial charge in [-0.1, -0.05) is 0 Å². The van der Waals surface area contributed by atoms with Crippen LogP contribution in [-0.2, 0) is 0 Å². The average molecular weight is 347 g/mol. The maximum Gasteiger partial charge on any atom is 0.341 e. The van der Waals surface area contributed by atoms with Gasteiger partial charge in [0.1, 0.15) is 11.3 Å². The monoisotopic (exact) mass is 347 g/mol. The molecule has 7 nitrogen and oxygen atoms in total. The summed E-state index contributed by atoms with van der Waals surface area (Å²) in [6, 6.07) is 0.933. The number of nitrogens with two attached hydrogens (primary N) is 1. The molecule has 1 saturated carbocycles. The van der Waals surface area contributed by atoms with E-state index in [0.717, 1.165) is 18.9 Å². The molecule has 0 amide bonds. The molecule has 1 aliphatic heterocycles. The number of anilines is 1. The van der Waals surface area contributed by atoms with Gasteiger partial charge in [-0.15, -0.1) is 0 Å². The number of benzene rings is 1. The van der Waals surface area contributed by atoms with E-state index in [1.165, 1.54) is 6.20 Å². The summed E-state index contributed by atoms with van der Waals surface area (Å²) in [5, 5.41) is 19.9. The summed E-state index contributed by atoms with van der Waals surface area (Å²) in [5.41, 5.74) is 4.87. The van der Waals surface area contributed by atoms with Crippen molar-refractivity contribution < 1.29 is 19.4 Å². The number of hydrogen-bond acceptors (Lipinski definition) is 5. The van der Waals surface area contributed by atoms with Gasteiger partial charge in [0.25, 0.3) is 0 Å². The van der Waals surface area contributed by atoms with Crippen LogP contribution in [-0.4, -0.2) is 39.9 Å². The van der Waals surface area contributed by atoms with E-state index in [4.69, 9.17) is 5.73 Å². The SMILES string of the molecule is N[C@H]1CCN(c2c(F)cc3c(=O)c(C(=O)O)cn(C4CC4)c3c2O)C1. The first-order valence-corrected chi connectivity index (χ1v) is 8.22. The molecule has 1 saturated heterocycles. The van der Waals surface area contributed by atoms with Crippen LogP contribution in [0.25, 0.3) is 10.9 Å². The highest BCUT2D eigenvalue weighted by atomic mass is 19.1. The molecule has 132 valence electrons. The van der Waals surface area contributed by atoms with E-state index in [0.29, 0.717) is 19.5 Å². The fraction of sp³-hybridized carbons (Fsp3) is 0.412. The maximum absolute atomic E-state index is 14.7. The zero-order valence-electron chi connectivity index (χ0n) is 13.4. The second-order valence-corrected chi connectivity index (χ2v) is 6.76. The number of carbonyl (C=O) groups is 1. The Morgan fingerprint density at radius 2 is 2.04 bits per heavy atom. The molecule has 0 bridgehead atoms. The lowest BCUT2D eigenvalue weighted by Crippen LogP contribution is -2.27. The minimum Gasteiger partial charge on any atom is -0.504 e. The smallest absolute Gasteiger partial charge is 0.341 e. The molecule has 2 fully saturated rings. The van der Waals surface area contributed by atoms with E-state index in [1.807, 2.05) is 0 Å². The number of aromatic carboxylic acids is 1. The number of carboxylic acid groups (broad SMARTS) is 1. The molecule has 1 aliphatic carbocycles. The Labute approximate surface area is 142 Å². The van der Waals surface area contributed by atoms with Gasteiger partial charge in [0, 0.05) is 31.4 Å². The molecule has 4 N–H and O–H groups in total. The van der Waals surface area contributed by atoms with Gasteiger partial charge >= 0.3 is 5.97 Å². The molecule has 0 unspecified atom stereocenters. The van der Waals surface area contributed by atoms with E-state index < -0.39 is 22.8 Å². The molecule has 1 aromatic heterocycles. The highest BCUT2D eigenvalue weighted by Gasteiger charge is 2.32. The Morgan fingerprint density at radius 1 is 1.32 bits per heavy atom. The van der Waals surface area contributed by atoms with Crippen LogP contribution in [0, 0.1) is 5.82 Å².